The summed E-state index contributed by atoms with van der Waals surface area (Å²) in [5.41, 5.74) is 0. The van der Waals surface area contributed by atoms with Gasteiger partial charge in [-0.15, -0.1) is 0 Å². The molecule has 1 saturated carbocycles. The normalized spacial score (nSPS) is 26.1. The van der Waals surface area contributed by atoms with Gasteiger partial charge in [0.25, 0.3) is 0 Å². The van der Waals surface area contributed by atoms with E-state index in [1.54, 1.807) is 0 Å². The van der Waals surface area contributed by atoms with Gasteiger partial charge in [-0.3, -0.25) is 0 Å². The molecule has 0 spiro atoms. The predicted octanol–water partition coefficient (Wildman–Crippen LogP) is 6.18. The van der Waals surface area contributed by atoms with E-state index >= 15 is 0 Å². The maximum absolute atomic E-state index is 3.67. The maximum atomic E-state index is 3.67. The van der Waals surface area contributed by atoms with Crippen LogP contribution in [0.4, 0.5) is 0 Å². The number of nitrogens with one attached hydrogen (secondary N) is 1. The van der Waals surface area contributed by atoms with Crippen molar-refractivity contribution < 1.29 is 0 Å². The first kappa shape index (κ1) is 19.0. The van der Waals surface area contributed by atoms with Crippen LogP contribution in [0.2, 0.25) is 0 Å². The highest BCUT2D eigenvalue weighted by Gasteiger charge is 2.27. The third kappa shape index (κ3) is 8.86. The minimum Gasteiger partial charge on any atom is -0.316 e. The molecule has 1 heteroatoms. The molecule has 0 heterocycles. The minimum atomic E-state index is 0.966. The number of hydrogen-bond acceptors (Lipinski definition) is 1. The molecule has 3 unspecified atom stereocenters. The van der Waals surface area contributed by atoms with Gasteiger partial charge in [0.1, 0.15) is 0 Å². The Morgan fingerprint density at radius 2 is 1.52 bits per heavy atom. The molecule has 126 valence electrons. The second-order valence-electron chi connectivity index (χ2n) is 7.55. The average molecular weight is 296 g/mol. The molecular formula is C20H41N. The Labute approximate surface area is 134 Å². The molecule has 1 rings (SSSR count). The van der Waals surface area contributed by atoms with Crippen LogP contribution in [-0.4, -0.2) is 13.1 Å². The molecule has 0 radical (unpaired) electrons. The van der Waals surface area contributed by atoms with E-state index < -0.39 is 0 Å². The Morgan fingerprint density at radius 1 is 0.810 bits per heavy atom. The van der Waals surface area contributed by atoms with E-state index in [0.29, 0.717) is 0 Å². The summed E-state index contributed by atoms with van der Waals surface area (Å²) in [6, 6.07) is 0. The number of unbranched alkanes of at least 4 members (excludes halogenated alkanes) is 6. The van der Waals surface area contributed by atoms with Gasteiger partial charge >= 0.3 is 0 Å². The molecule has 0 bridgehead atoms. The van der Waals surface area contributed by atoms with Gasteiger partial charge in [0.15, 0.2) is 0 Å². The summed E-state index contributed by atoms with van der Waals surface area (Å²) in [4.78, 5) is 0. The zero-order valence-electron chi connectivity index (χ0n) is 15.1. The lowest BCUT2D eigenvalue weighted by molar-refractivity contribution is 0.171. The zero-order chi connectivity index (χ0) is 15.3. The molecule has 1 N–H and O–H groups in total. The van der Waals surface area contributed by atoms with Crippen molar-refractivity contribution >= 4 is 0 Å². The van der Waals surface area contributed by atoms with E-state index in [4.69, 9.17) is 0 Å². The first-order chi connectivity index (χ1) is 10.3. The smallest absolute Gasteiger partial charge is 0.00179 e. The van der Waals surface area contributed by atoms with Gasteiger partial charge in [-0.2, -0.15) is 0 Å². The third-order valence-corrected chi connectivity index (χ3v) is 5.41. The molecule has 0 aromatic carbocycles. The summed E-state index contributed by atoms with van der Waals surface area (Å²) in [7, 11) is 0. The largest absolute Gasteiger partial charge is 0.316 e. The maximum Gasteiger partial charge on any atom is -0.00179 e. The van der Waals surface area contributed by atoms with E-state index in [-0.39, 0.29) is 0 Å². The monoisotopic (exact) mass is 295 g/mol. The first-order valence-electron chi connectivity index (χ1n) is 9.98. The minimum absolute atomic E-state index is 0.966. The van der Waals surface area contributed by atoms with Gasteiger partial charge in [0.2, 0.25) is 0 Å². The fourth-order valence-corrected chi connectivity index (χ4v) is 4.01. The lowest BCUT2D eigenvalue weighted by Gasteiger charge is -2.35. The Kier molecular flexibility index (Phi) is 11.3. The summed E-state index contributed by atoms with van der Waals surface area (Å²) in [5, 5.41) is 3.67. The summed E-state index contributed by atoms with van der Waals surface area (Å²) in [6.07, 6.45) is 17.4. The summed E-state index contributed by atoms with van der Waals surface area (Å²) >= 11 is 0. The van der Waals surface area contributed by atoms with Gasteiger partial charge in [0, 0.05) is 0 Å². The molecule has 1 nitrogen and oxygen atoms in total. The van der Waals surface area contributed by atoms with Crippen molar-refractivity contribution in [2.75, 3.05) is 13.1 Å². The van der Waals surface area contributed by atoms with E-state index in [1.165, 1.54) is 90.1 Å². The second kappa shape index (κ2) is 12.5. The highest BCUT2D eigenvalue weighted by atomic mass is 14.9. The van der Waals surface area contributed by atoms with Crippen LogP contribution in [0.3, 0.4) is 0 Å². The fourth-order valence-electron chi connectivity index (χ4n) is 4.01. The van der Waals surface area contributed by atoms with Crippen LogP contribution in [0, 0.1) is 17.8 Å². The van der Waals surface area contributed by atoms with Crippen molar-refractivity contribution in [1.82, 2.24) is 5.32 Å². The summed E-state index contributed by atoms with van der Waals surface area (Å²) in [6.45, 7) is 9.52. The van der Waals surface area contributed by atoms with Crippen molar-refractivity contribution in [2.24, 2.45) is 17.8 Å². The van der Waals surface area contributed by atoms with Crippen molar-refractivity contribution in [1.29, 1.82) is 0 Å². The molecule has 1 aliphatic carbocycles. The van der Waals surface area contributed by atoms with Gasteiger partial charge < -0.3 is 5.32 Å². The van der Waals surface area contributed by atoms with Crippen LogP contribution in [0.15, 0.2) is 0 Å². The standard InChI is InChI=1S/C20H41N/c1-4-6-7-8-9-10-11-12-19-16-18(3)13-14-20(19)17-21-15-5-2/h18-21H,4-17H2,1-3H3. The first-order valence-corrected chi connectivity index (χ1v) is 9.98. The molecule has 0 aliphatic heterocycles. The van der Waals surface area contributed by atoms with Crippen molar-refractivity contribution in [3.05, 3.63) is 0 Å². The van der Waals surface area contributed by atoms with Crippen LogP contribution in [0.1, 0.15) is 97.8 Å². The molecule has 1 fully saturated rings. The average Bonchev–Trinajstić information content (AvgIpc) is 2.48. The SMILES string of the molecule is CCCCCCCCCC1CC(C)CCC1CNCCC. The highest BCUT2D eigenvalue weighted by Crippen LogP contribution is 2.36. The lowest BCUT2D eigenvalue weighted by Crippen LogP contribution is -2.33. The van der Waals surface area contributed by atoms with Crippen LogP contribution in [0.5, 0.6) is 0 Å². The quantitative estimate of drug-likeness (QED) is 0.424. The van der Waals surface area contributed by atoms with Gasteiger partial charge in [-0.25, -0.2) is 0 Å². The van der Waals surface area contributed by atoms with Crippen LogP contribution < -0.4 is 5.32 Å². The summed E-state index contributed by atoms with van der Waals surface area (Å²) < 4.78 is 0. The van der Waals surface area contributed by atoms with Crippen LogP contribution in [-0.2, 0) is 0 Å². The second-order valence-corrected chi connectivity index (χ2v) is 7.55. The molecular weight excluding hydrogens is 254 g/mol. The Bertz CT molecular complexity index is 226. The van der Waals surface area contributed by atoms with E-state index in [2.05, 4.69) is 26.1 Å². The Morgan fingerprint density at radius 3 is 2.24 bits per heavy atom. The predicted molar refractivity (Wildman–Crippen MR) is 95.8 cm³/mol. The molecule has 0 saturated heterocycles. The zero-order valence-corrected chi connectivity index (χ0v) is 15.1. The van der Waals surface area contributed by atoms with E-state index in [9.17, 15) is 0 Å². The van der Waals surface area contributed by atoms with Gasteiger partial charge in [-0.1, -0.05) is 78.6 Å². The summed E-state index contributed by atoms with van der Waals surface area (Å²) in [5.74, 6) is 2.95. The highest BCUT2D eigenvalue weighted by molar-refractivity contribution is 4.80. The topological polar surface area (TPSA) is 12.0 Å². The van der Waals surface area contributed by atoms with Crippen LogP contribution in [0.25, 0.3) is 0 Å². The number of hydrogen-bond donors (Lipinski definition) is 1. The molecule has 1 aliphatic rings. The van der Waals surface area contributed by atoms with Crippen molar-refractivity contribution in [3.8, 4) is 0 Å². The lowest BCUT2D eigenvalue weighted by atomic mass is 9.72. The molecule has 0 amide bonds. The third-order valence-electron chi connectivity index (χ3n) is 5.41. The fraction of sp³-hybridized carbons (Fsp3) is 1.00. The van der Waals surface area contributed by atoms with E-state index in [1.807, 2.05) is 0 Å². The van der Waals surface area contributed by atoms with E-state index in [0.717, 1.165) is 17.8 Å². The van der Waals surface area contributed by atoms with Gasteiger partial charge in [0.05, 0.1) is 0 Å². The van der Waals surface area contributed by atoms with Crippen molar-refractivity contribution in [2.45, 2.75) is 97.8 Å². The Balaban J connectivity index is 2.14. The molecule has 21 heavy (non-hydrogen) atoms. The molecule has 0 aromatic rings. The molecule has 3 atom stereocenters. The van der Waals surface area contributed by atoms with Crippen molar-refractivity contribution in [3.63, 3.8) is 0 Å². The van der Waals surface area contributed by atoms with Gasteiger partial charge in [-0.05, 0) is 50.1 Å². The number of rotatable bonds is 12. The Hall–Kier alpha value is -0.0400. The van der Waals surface area contributed by atoms with Crippen LogP contribution >= 0.6 is 0 Å². The molecule has 0 aromatic heterocycles.